The molecule has 0 N–H and O–H groups in total. The molecule has 1 aliphatic heterocycles. The Kier molecular flexibility index (Phi) is 7.25. The van der Waals surface area contributed by atoms with Gasteiger partial charge in [-0.3, -0.25) is 9.78 Å². The van der Waals surface area contributed by atoms with Crippen molar-refractivity contribution >= 4 is 17.5 Å². The van der Waals surface area contributed by atoms with Crippen molar-refractivity contribution in [3.05, 3.63) is 64.9 Å². The molecule has 0 radical (unpaired) electrons. The van der Waals surface area contributed by atoms with Gasteiger partial charge in [-0.05, 0) is 61.1 Å². The second kappa shape index (κ2) is 9.86. The molecule has 144 valence electrons. The first kappa shape index (κ1) is 19.8. The first-order chi connectivity index (χ1) is 13.1. The molecule has 1 amide bonds. The van der Waals surface area contributed by atoms with E-state index in [0.29, 0.717) is 12.3 Å². The average molecular weight is 386 g/mol. The van der Waals surface area contributed by atoms with E-state index in [2.05, 4.69) is 22.0 Å². The Bertz CT molecular complexity index is 720. The van der Waals surface area contributed by atoms with Crippen molar-refractivity contribution in [2.75, 3.05) is 33.2 Å². The Morgan fingerprint density at radius 1 is 1.26 bits per heavy atom. The van der Waals surface area contributed by atoms with Gasteiger partial charge in [-0.2, -0.15) is 0 Å². The van der Waals surface area contributed by atoms with E-state index >= 15 is 0 Å². The number of rotatable bonds is 7. The molecule has 27 heavy (non-hydrogen) atoms. The maximum atomic E-state index is 12.5. The van der Waals surface area contributed by atoms with Gasteiger partial charge < -0.3 is 9.80 Å². The SMILES string of the molecule is CN(CC1CCCN(CCc2ccc(Cl)cc2)C1)C(=O)Cc1cccnc1. The van der Waals surface area contributed by atoms with Crippen LogP contribution in [0.5, 0.6) is 0 Å². The van der Waals surface area contributed by atoms with Gasteiger partial charge in [-0.15, -0.1) is 0 Å². The quantitative estimate of drug-likeness (QED) is 0.729. The standard InChI is InChI=1S/C22H28ClN3O/c1-25(22(27)14-19-4-2-11-24-15-19)16-20-5-3-12-26(17-20)13-10-18-6-8-21(23)9-7-18/h2,4,6-9,11,15,20H,3,5,10,12-14,16-17H2,1H3. The summed E-state index contributed by atoms with van der Waals surface area (Å²) in [5.41, 5.74) is 2.30. The first-order valence-electron chi connectivity index (χ1n) is 9.70. The fourth-order valence-electron chi connectivity index (χ4n) is 3.74. The number of hydrogen-bond donors (Lipinski definition) is 0. The summed E-state index contributed by atoms with van der Waals surface area (Å²) in [6, 6.07) is 12.0. The maximum absolute atomic E-state index is 12.5. The van der Waals surface area contributed by atoms with Gasteiger partial charge in [-0.1, -0.05) is 29.8 Å². The van der Waals surface area contributed by atoms with Crippen molar-refractivity contribution in [3.8, 4) is 0 Å². The summed E-state index contributed by atoms with van der Waals surface area (Å²) >= 11 is 5.96. The van der Waals surface area contributed by atoms with Crippen LogP contribution in [0.3, 0.4) is 0 Å². The minimum atomic E-state index is 0.168. The summed E-state index contributed by atoms with van der Waals surface area (Å²) in [4.78, 5) is 21.0. The highest BCUT2D eigenvalue weighted by molar-refractivity contribution is 6.30. The van der Waals surface area contributed by atoms with Crippen molar-refractivity contribution < 1.29 is 4.79 Å². The van der Waals surface area contributed by atoms with Crippen LogP contribution < -0.4 is 0 Å². The van der Waals surface area contributed by atoms with Crippen LogP contribution in [0.25, 0.3) is 0 Å². The first-order valence-corrected chi connectivity index (χ1v) is 10.1. The lowest BCUT2D eigenvalue weighted by molar-refractivity contribution is -0.130. The van der Waals surface area contributed by atoms with E-state index in [-0.39, 0.29) is 5.91 Å². The number of carbonyl (C=O) groups is 1. The van der Waals surface area contributed by atoms with Crippen molar-refractivity contribution in [1.82, 2.24) is 14.8 Å². The highest BCUT2D eigenvalue weighted by Gasteiger charge is 2.22. The molecule has 2 aromatic rings. The van der Waals surface area contributed by atoms with Gasteiger partial charge in [0.2, 0.25) is 5.91 Å². The Hall–Kier alpha value is -1.91. The summed E-state index contributed by atoms with van der Waals surface area (Å²) < 4.78 is 0. The van der Waals surface area contributed by atoms with Crippen molar-refractivity contribution in [1.29, 1.82) is 0 Å². The molecule has 1 unspecified atom stereocenters. The lowest BCUT2D eigenvalue weighted by Gasteiger charge is -2.34. The van der Waals surface area contributed by atoms with Crippen LogP contribution in [0.4, 0.5) is 0 Å². The second-order valence-corrected chi connectivity index (χ2v) is 7.93. The molecule has 1 saturated heterocycles. The number of halogens is 1. The summed E-state index contributed by atoms with van der Waals surface area (Å²) in [6.45, 7) is 4.11. The number of piperidine rings is 1. The topological polar surface area (TPSA) is 36.4 Å². The fraction of sp³-hybridized carbons (Fsp3) is 0.455. The molecular formula is C22H28ClN3O. The van der Waals surface area contributed by atoms with E-state index in [1.807, 2.05) is 36.2 Å². The second-order valence-electron chi connectivity index (χ2n) is 7.50. The molecule has 0 bridgehead atoms. The summed E-state index contributed by atoms with van der Waals surface area (Å²) in [6.07, 6.45) is 7.37. The van der Waals surface area contributed by atoms with Crippen molar-refractivity contribution in [3.63, 3.8) is 0 Å². The molecule has 5 heteroatoms. The third kappa shape index (κ3) is 6.33. The Morgan fingerprint density at radius 3 is 2.81 bits per heavy atom. The van der Waals surface area contributed by atoms with Crippen LogP contribution in [-0.2, 0) is 17.6 Å². The average Bonchev–Trinajstić information content (AvgIpc) is 2.68. The number of hydrogen-bond acceptors (Lipinski definition) is 3. The molecule has 1 atom stereocenters. The van der Waals surface area contributed by atoms with Gasteiger partial charge in [0.25, 0.3) is 0 Å². The van der Waals surface area contributed by atoms with E-state index in [1.165, 1.54) is 18.4 Å². The number of pyridine rings is 1. The normalized spacial score (nSPS) is 17.6. The van der Waals surface area contributed by atoms with E-state index in [9.17, 15) is 4.79 Å². The summed E-state index contributed by atoms with van der Waals surface area (Å²) in [5.74, 6) is 0.716. The van der Waals surface area contributed by atoms with Gasteiger partial charge in [0.15, 0.2) is 0 Å². The smallest absolute Gasteiger partial charge is 0.226 e. The zero-order chi connectivity index (χ0) is 19.1. The number of benzene rings is 1. The highest BCUT2D eigenvalue weighted by atomic mass is 35.5. The molecule has 1 aliphatic rings. The molecule has 2 heterocycles. The van der Waals surface area contributed by atoms with E-state index in [1.54, 1.807) is 12.4 Å². The molecule has 1 aromatic heterocycles. The molecule has 0 spiro atoms. The highest BCUT2D eigenvalue weighted by Crippen LogP contribution is 2.19. The molecular weight excluding hydrogens is 358 g/mol. The zero-order valence-electron chi connectivity index (χ0n) is 16.0. The lowest BCUT2D eigenvalue weighted by Crippen LogP contribution is -2.42. The van der Waals surface area contributed by atoms with Gasteiger partial charge in [0, 0.05) is 44.1 Å². The fourth-order valence-corrected chi connectivity index (χ4v) is 3.87. The Balaban J connectivity index is 1.44. The molecule has 0 aliphatic carbocycles. The third-order valence-electron chi connectivity index (χ3n) is 5.27. The van der Waals surface area contributed by atoms with Crippen LogP contribution in [0.1, 0.15) is 24.0 Å². The molecule has 3 rings (SSSR count). The minimum Gasteiger partial charge on any atom is -0.345 e. The van der Waals surface area contributed by atoms with Crippen molar-refractivity contribution in [2.24, 2.45) is 5.92 Å². The number of aromatic nitrogens is 1. The van der Waals surface area contributed by atoms with Crippen LogP contribution in [0, 0.1) is 5.92 Å². The predicted octanol–water partition coefficient (Wildman–Crippen LogP) is 3.69. The van der Waals surface area contributed by atoms with Crippen molar-refractivity contribution in [2.45, 2.75) is 25.7 Å². The van der Waals surface area contributed by atoms with E-state index in [4.69, 9.17) is 11.6 Å². The number of likely N-dealkylation sites (N-methyl/N-ethyl adjacent to an activating group) is 1. The molecule has 1 aromatic carbocycles. The number of nitrogens with zero attached hydrogens (tertiary/aromatic N) is 3. The van der Waals surface area contributed by atoms with Gasteiger partial charge >= 0.3 is 0 Å². The number of amides is 1. The lowest BCUT2D eigenvalue weighted by atomic mass is 9.97. The van der Waals surface area contributed by atoms with Crippen LogP contribution in [0.2, 0.25) is 5.02 Å². The number of carbonyl (C=O) groups excluding carboxylic acids is 1. The van der Waals surface area contributed by atoms with Gasteiger partial charge in [-0.25, -0.2) is 0 Å². The van der Waals surface area contributed by atoms with Crippen LogP contribution in [0.15, 0.2) is 48.8 Å². The van der Waals surface area contributed by atoms with Crippen LogP contribution >= 0.6 is 11.6 Å². The predicted molar refractivity (Wildman–Crippen MR) is 110 cm³/mol. The Morgan fingerprint density at radius 2 is 2.07 bits per heavy atom. The summed E-state index contributed by atoms with van der Waals surface area (Å²) in [5, 5.41) is 0.788. The number of likely N-dealkylation sites (tertiary alicyclic amines) is 1. The molecule has 1 fully saturated rings. The summed E-state index contributed by atoms with van der Waals surface area (Å²) in [7, 11) is 1.92. The van der Waals surface area contributed by atoms with E-state index in [0.717, 1.165) is 43.2 Å². The molecule has 4 nitrogen and oxygen atoms in total. The molecule has 0 saturated carbocycles. The Labute approximate surface area is 167 Å². The van der Waals surface area contributed by atoms with E-state index < -0.39 is 0 Å². The monoisotopic (exact) mass is 385 g/mol. The maximum Gasteiger partial charge on any atom is 0.226 e. The van der Waals surface area contributed by atoms with Crippen LogP contribution in [-0.4, -0.2) is 53.9 Å². The van der Waals surface area contributed by atoms with Gasteiger partial charge in [0.05, 0.1) is 6.42 Å². The largest absolute Gasteiger partial charge is 0.345 e. The van der Waals surface area contributed by atoms with Gasteiger partial charge in [0.1, 0.15) is 0 Å². The third-order valence-corrected chi connectivity index (χ3v) is 5.52. The zero-order valence-corrected chi connectivity index (χ0v) is 16.7. The minimum absolute atomic E-state index is 0.168.